The molecule has 0 aliphatic heterocycles. The molecule has 0 spiro atoms. The molecule has 0 atom stereocenters. The van der Waals surface area contributed by atoms with E-state index in [1.165, 1.54) is 18.3 Å². The number of carboxylic acids is 1. The maximum atomic E-state index is 13.0. The van der Waals surface area contributed by atoms with Gasteiger partial charge in [-0.3, -0.25) is 4.98 Å². The molecule has 0 amide bonds. The Kier molecular flexibility index (Phi) is 3.77. The molecule has 0 unspecified atom stereocenters. The first-order valence-corrected chi connectivity index (χ1v) is 7.18. The fourth-order valence-electron chi connectivity index (χ4n) is 2.14. The van der Waals surface area contributed by atoms with E-state index in [2.05, 4.69) is 26.2 Å². The number of hydrogen-bond donors (Lipinski definition) is 2. The van der Waals surface area contributed by atoms with Crippen molar-refractivity contribution in [3.8, 4) is 0 Å². The average Bonchev–Trinajstić information content (AvgIpc) is 2.49. The highest BCUT2D eigenvalue weighted by Crippen LogP contribution is 2.31. The van der Waals surface area contributed by atoms with Crippen LogP contribution in [-0.2, 0) is 0 Å². The summed E-state index contributed by atoms with van der Waals surface area (Å²) in [5, 5.41) is 13.1. The van der Waals surface area contributed by atoms with E-state index in [0.29, 0.717) is 22.3 Å². The molecule has 1 aromatic heterocycles. The minimum Gasteiger partial charge on any atom is -0.478 e. The molecule has 0 aliphatic rings. The Labute approximate surface area is 133 Å². The number of nitrogens with zero attached hydrogens (tertiary/aromatic N) is 1. The Bertz CT molecular complexity index is 866. The van der Waals surface area contributed by atoms with Gasteiger partial charge in [-0.15, -0.1) is 0 Å². The topological polar surface area (TPSA) is 62.2 Å². The summed E-state index contributed by atoms with van der Waals surface area (Å²) >= 11 is 3.37. The lowest BCUT2D eigenvalue weighted by Crippen LogP contribution is -2.04. The lowest BCUT2D eigenvalue weighted by atomic mass is 10.1. The molecular weight excluding hydrogens is 351 g/mol. The zero-order valence-electron chi connectivity index (χ0n) is 11.2. The van der Waals surface area contributed by atoms with Gasteiger partial charge in [-0.05, 0) is 42.5 Å². The van der Waals surface area contributed by atoms with E-state index in [1.54, 1.807) is 24.3 Å². The first-order valence-electron chi connectivity index (χ1n) is 6.39. The van der Waals surface area contributed by atoms with Gasteiger partial charge in [-0.2, -0.15) is 0 Å². The second kappa shape index (κ2) is 5.73. The number of carboxylic acid groups (broad SMARTS) is 1. The maximum absolute atomic E-state index is 13.0. The molecule has 0 aliphatic carbocycles. The van der Waals surface area contributed by atoms with Crippen molar-refractivity contribution in [2.45, 2.75) is 0 Å². The zero-order valence-corrected chi connectivity index (χ0v) is 12.8. The molecule has 1 heterocycles. The number of benzene rings is 2. The second-order valence-electron chi connectivity index (χ2n) is 4.65. The van der Waals surface area contributed by atoms with Crippen LogP contribution in [0.1, 0.15) is 10.4 Å². The minimum absolute atomic E-state index is 0.0509. The zero-order chi connectivity index (χ0) is 15.7. The Morgan fingerprint density at radius 3 is 2.59 bits per heavy atom. The first kappa shape index (κ1) is 14.5. The number of halogens is 2. The number of fused-ring (bicyclic) bond motifs is 1. The highest BCUT2D eigenvalue weighted by atomic mass is 79.9. The standard InChI is InChI=1S/C16H10BrFN2O2/c17-9-1-6-14-12(7-9)15(13(8-19-14)16(21)22)20-11-4-2-10(18)3-5-11/h1-8H,(H,19,20)(H,21,22). The fourth-order valence-corrected chi connectivity index (χ4v) is 2.50. The van der Waals surface area contributed by atoms with Gasteiger partial charge in [0.1, 0.15) is 11.4 Å². The summed E-state index contributed by atoms with van der Waals surface area (Å²) in [6, 6.07) is 11.1. The van der Waals surface area contributed by atoms with E-state index >= 15 is 0 Å². The fraction of sp³-hybridized carbons (Fsp3) is 0. The minimum atomic E-state index is -1.08. The van der Waals surface area contributed by atoms with Crippen molar-refractivity contribution in [2.24, 2.45) is 0 Å². The van der Waals surface area contributed by atoms with Crippen molar-refractivity contribution in [1.29, 1.82) is 0 Å². The lowest BCUT2D eigenvalue weighted by molar-refractivity contribution is 0.0697. The largest absolute Gasteiger partial charge is 0.478 e. The van der Waals surface area contributed by atoms with Gasteiger partial charge in [0.25, 0.3) is 0 Å². The van der Waals surface area contributed by atoms with E-state index in [9.17, 15) is 14.3 Å². The average molecular weight is 361 g/mol. The van der Waals surface area contributed by atoms with Gasteiger partial charge in [-0.25, -0.2) is 9.18 Å². The van der Waals surface area contributed by atoms with Gasteiger partial charge in [0.05, 0.1) is 11.2 Å². The molecule has 0 bridgehead atoms. The molecule has 4 nitrogen and oxygen atoms in total. The van der Waals surface area contributed by atoms with E-state index in [1.807, 2.05) is 6.07 Å². The number of rotatable bonds is 3. The summed E-state index contributed by atoms with van der Waals surface area (Å²) in [4.78, 5) is 15.6. The van der Waals surface area contributed by atoms with E-state index < -0.39 is 5.97 Å². The van der Waals surface area contributed by atoms with Crippen molar-refractivity contribution < 1.29 is 14.3 Å². The van der Waals surface area contributed by atoms with Crippen LogP contribution in [0.2, 0.25) is 0 Å². The van der Waals surface area contributed by atoms with Gasteiger partial charge in [0, 0.05) is 21.7 Å². The van der Waals surface area contributed by atoms with Crippen molar-refractivity contribution in [3.05, 3.63) is 64.5 Å². The predicted octanol–water partition coefficient (Wildman–Crippen LogP) is 4.58. The Morgan fingerprint density at radius 2 is 1.91 bits per heavy atom. The number of anilines is 2. The maximum Gasteiger partial charge on any atom is 0.339 e. The number of aromatic carboxylic acids is 1. The highest BCUT2D eigenvalue weighted by Gasteiger charge is 2.15. The molecule has 0 radical (unpaired) electrons. The molecule has 2 aromatic carbocycles. The molecule has 2 N–H and O–H groups in total. The lowest BCUT2D eigenvalue weighted by Gasteiger charge is -2.13. The van der Waals surface area contributed by atoms with Crippen molar-refractivity contribution >= 4 is 44.2 Å². The second-order valence-corrected chi connectivity index (χ2v) is 5.56. The smallest absolute Gasteiger partial charge is 0.339 e. The van der Waals surface area contributed by atoms with Crippen molar-refractivity contribution in [2.75, 3.05) is 5.32 Å². The quantitative estimate of drug-likeness (QED) is 0.717. The molecule has 3 rings (SSSR count). The van der Waals surface area contributed by atoms with Crippen LogP contribution in [0.5, 0.6) is 0 Å². The molecule has 0 fully saturated rings. The predicted molar refractivity (Wildman–Crippen MR) is 86.1 cm³/mol. The van der Waals surface area contributed by atoms with Crippen molar-refractivity contribution in [3.63, 3.8) is 0 Å². The van der Waals surface area contributed by atoms with E-state index in [0.717, 1.165) is 4.47 Å². The van der Waals surface area contributed by atoms with Crippen LogP contribution in [0.4, 0.5) is 15.8 Å². The van der Waals surface area contributed by atoms with E-state index in [4.69, 9.17) is 0 Å². The summed E-state index contributed by atoms with van der Waals surface area (Å²) < 4.78 is 13.8. The van der Waals surface area contributed by atoms with E-state index in [-0.39, 0.29) is 11.4 Å². The summed E-state index contributed by atoms with van der Waals surface area (Å²) in [5.74, 6) is -1.44. The first-order chi connectivity index (χ1) is 10.5. The van der Waals surface area contributed by atoms with Gasteiger partial charge in [0.2, 0.25) is 0 Å². The van der Waals surface area contributed by atoms with Gasteiger partial charge >= 0.3 is 5.97 Å². The van der Waals surface area contributed by atoms with Gasteiger partial charge < -0.3 is 10.4 Å². The third kappa shape index (κ3) is 2.78. The SMILES string of the molecule is O=C(O)c1cnc2ccc(Br)cc2c1Nc1ccc(F)cc1. The van der Waals surface area contributed by atoms with Crippen LogP contribution >= 0.6 is 15.9 Å². The Morgan fingerprint density at radius 1 is 1.18 bits per heavy atom. The highest BCUT2D eigenvalue weighted by molar-refractivity contribution is 9.10. The van der Waals surface area contributed by atoms with Crippen LogP contribution in [0.15, 0.2) is 53.1 Å². The van der Waals surface area contributed by atoms with Crippen LogP contribution in [0.25, 0.3) is 10.9 Å². The molecule has 6 heteroatoms. The molecule has 0 saturated carbocycles. The van der Waals surface area contributed by atoms with Crippen LogP contribution in [-0.4, -0.2) is 16.1 Å². The summed E-state index contributed by atoms with van der Waals surface area (Å²) in [6.07, 6.45) is 1.31. The molecule has 22 heavy (non-hydrogen) atoms. The number of carbonyl (C=O) groups is 1. The molecular formula is C16H10BrFN2O2. The summed E-state index contributed by atoms with van der Waals surface area (Å²) in [7, 11) is 0. The Hall–Kier alpha value is -2.47. The third-order valence-electron chi connectivity index (χ3n) is 3.17. The van der Waals surface area contributed by atoms with Crippen molar-refractivity contribution in [1.82, 2.24) is 4.98 Å². The number of hydrogen-bond acceptors (Lipinski definition) is 3. The summed E-state index contributed by atoms with van der Waals surface area (Å²) in [6.45, 7) is 0. The number of aromatic nitrogens is 1. The molecule has 3 aromatic rings. The number of nitrogens with one attached hydrogen (secondary N) is 1. The van der Waals surface area contributed by atoms with Gasteiger partial charge in [0.15, 0.2) is 0 Å². The normalized spacial score (nSPS) is 10.6. The molecule has 0 saturated heterocycles. The van der Waals surface area contributed by atoms with Crippen LogP contribution in [0, 0.1) is 5.82 Å². The number of pyridine rings is 1. The summed E-state index contributed by atoms with van der Waals surface area (Å²) in [5.41, 5.74) is 1.73. The van der Waals surface area contributed by atoms with Crippen LogP contribution < -0.4 is 5.32 Å². The monoisotopic (exact) mass is 360 g/mol. The third-order valence-corrected chi connectivity index (χ3v) is 3.67. The molecule has 110 valence electrons. The Balaban J connectivity index is 2.19. The van der Waals surface area contributed by atoms with Crippen LogP contribution in [0.3, 0.4) is 0 Å². The van der Waals surface area contributed by atoms with Gasteiger partial charge in [-0.1, -0.05) is 15.9 Å².